The van der Waals surface area contributed by atoms with Crippen LogP contribution in [0.1, 0.15) is 5.56 Å². The Morgan fingerprint density at radius 3 is 2.50 bits per heavy atom. The Kier molecular flexibility index (Phi) is 5.70. The van der Waals surface area contributed by atoms with E-state index in [-0.39, 0.29) is 16.7 Å². The second-order valence-electron chi connectivity index (χ2n) is 5.45. The number of rotatable bonds is 5. The zero-order valence-electron chi connectivity index (χ0n) is 13.6. The first-order valence-corrected chi connectivity index (χ1v) is 9.26. The van der Waals surface area contributed by atoms with Crippen LogP contribution in [0.5, 0.6) is 0 Å². The molecule has 0 atom stereocenters. The number of nitrogens with zero attached hydrogens (tertiary/aromatic N) is 1. The molecule has 1 heterocycles. The molecular weight excluding hydrogens is 397 g/mol. The van der Waals surface area contributed by atoms with E-state index in [0.717, 1.165) is 23.0 Å². The third kappa shape index (κ3) is 4.49. The summed E-state index contributed by atoms with van der Waals surface area (Å²) in [6.07, 6.45) is 0. The number of H-pyrrole nitrogens is 1. The number of amides is 1. The molecule has 9 heteroatoms. The van der Waals surface area contributed by atoms with Crippen LogP contribution in [-0.4, -0.2) is 16.9 Å². The van der Waals surface area contributed by atoms with Crippen molar-refractivity contribution in [3.8, 4) is 5.69 Å². The molecule has 0 saturated heterocycles. The van der Waals surface area contributed by atoms with Gasteiger partial charge in [0.15, 0.2) is 0 Å². The van der Waals surface area contributed by atoms with Crippen molar-refractivity contribution in [3.63, 3.8) is 0 Å². The second-order valence-corrected chi connectivity index (χ2v) is 7.29. The third-order valence-corrected chi connectivity index (χ3v) is 4.85. The molecule has 3 rings (SSSR count). The Hall–Kier alpha value is -2.22. The van der Waals surface area contributed by atoms with Gasteiger partial charge in [-0.25, -0.2) is 4.79 Å². The molecule has 134 valence electrons. The molecule has 1 amide bonds. The van der Waals surface area contributed by atoms with Crippen LogP contribution in [0, 0.1) is 6.92 Å². The summed E-state index contributed by atoms with van der Waals surface area (Å²) in [5, 5.41) is 6.34. The highest BCUT2D eigenvalue weighted by molar-refractivity contribution is 7.99. The van der Waals surface area contributed by atoms with Gasteiger partial charge in [0.25, 0.3) is 0 Å². The number of thioether (sulfide) groups is 1. The van der Waals surface area contributed by atoms with Gasteiger partial charge >= 0.3 is 10.7 Å². The number of aryl methyl sites for hydroxylation is 1. The maximum Gasteiger partial charge on any atom is 0.442 e. The van der Waals surface area contributed by atoms with E-state index in [1.165, 1.54) is 4.68 Å². The number of nitrogens with one attached hydrogen (secondary N) is 2. The molecule has 0 aliphatic rings. The van der Waals surface area contributed by atoms with Gasteiger partial charge in [-0.1, -0.05) is 40.9 Å². The first-order chi connectivity index (χ1) is 12.4. The number of carbonyl (C=O) groups excluding carboxylic acids is 1. The Balaban J connectivity index is 1.71. The van der Waals surface area contributed by atoms with Crippen molar-refractivity contribution >= 4 is 46.6 Å². The number of anilines is 1. The van der Waals surface area contributed by atoms with E-state index in [1.807, 2.05) is 31.2 Å². The molecule has 0 aliphatic heterocycles. The van der Waals surface area contributed by atoms with Crippen LogP contribution in [0.2, 0.25) is 10.0 Å². The van der Waals surface area contributed by atoms with Gasteiger partial charge in [0, 0.05) is 27.9 Å². The molecule has 0 aliphatic carbocycles. The van der Waals surface area contributed by atoms with Crippen molar-refractivity contribution in [3.05, 3.63) is 68.5 Å². The fraction of sp³-hybridized carbons (Fsp3) is 0.118. The third-order valence-electron chi connectivity index (χ3n) is 3.39. The van der Waals surface area contributed by atoms with E-state index in [4.69, 9.17) is 27.7 Å². The zero-order chi connectivity index (χ0) is 18.7. The van der Waals surface area contributed by atoms with E-state index < -0.39 is 5.63 Å². The molecule has 2 N–H and O–H groups in total. The van der Waals surface area contributed by atoms with Crippen molar-refractivity contribution in [2.75, 3.05) is 11.1 Å². The molecule has 0 spiro atoms. The molecule has 0 fully saturated rings. The van der Waals surface area contributed by atoms with Crippen molar-refractivity contribution in [2.24, 2.45) is 0 Å². The summed E-state index contributed by atoms with van der Waals surface area (Å²) in [7, 11) is 0. The number of hydrogen-bond acceptors (Lipinski definition) is 4. The van der Waals surface area contributed by atoms with Gasteiger partial charge in [-0.3, -0.25) is 9.32 Å². The molecule has 26 heavy (non-hydrogen) atoms. The minimum Gasteiger partial charge on any atom is -0.325 e. The predicted octanol–water partition coefficient (Wildman–Crippen LogP) is 3.59. The molecule has 0 radical (unpaired) electrons. The number of halogens is 2. The van der Waals surface area contributed by atoms with Gasteiger partial charge < -0.3 is 5.32 Å². The lowest BCUT2D eigenvalue weighted by Crippen LogP contribution is -2.36. The van der Waals surface area contributed by atoms with E-state index in [0.29, 0.717) is 15.7 Å². The topological polar surface area (TPSA) is 79.0 Å². The van der Waals surface area contributed by atoms with Gasteiger partial charge in [-0.2, -0.15) is 0 Å². The van der Waals surface area contributed by atoms with Gasteiger partial charge in [0.2, 0.25) is 11.6 Å². The molecule has 0 unspecified atom stereocenters. The minimum atomic E-state index is -0.547. The lowest BCUT2D eigenvalue weighted by Gasteiger charge is -2.05. The highest BCUT2D eigenvalue weighted by atomic mass is 35.5. The molecule has 2 aromatic carbocycles. The van der Waals surface area contributed by atoms with Crippen molar-refractivity contribution in [1.29, 1.82) is 0 Å². The average Bonchev–Trinajstić information content (AvgIpc) is 2.93. The van der Waals surface area contributed by atoms with Crippen LogP contribution in [0.15, 0.2) is 56.8 Å². The van der Waals surface area contributed by atoms with Crippen LogP contribution in [0.25, 0.3) is 5.69 Å². The molecule has 0 saturated carbocycles. The molecular formula is C17H14Cl2N3O3S+. The minimum absolute atomic E-state index is 0.0125. The number of aromatic amines is 1. The van der Waals surface area contributed by atoms with E-state index in [2.05, 4.69) is 10.6 Å². The van der Waals surface area contributed by atoms with Crippen LogP contribution in [0.3, 0.4) is 0 Å². The molecule has 3 aromatic rings. The lowest BCUT2D eigenvalue weighted by atomic mass is 10.2. The monoisotopic (exact) mass is 410 g/mol. The summed E-state index contributed by atoms with van der Waals surface area (Å²) in [5.74, 6) is -0.289. The summed E-state index contributed by atoms with van der Waals surface area (Å²) in [5.41, 5.74) is 1.76. The quantitative estimate of drug-likeness (QED) is 0.497. The van der Waals surface area contributed by atoms with Crippen LogP contribution >= 0.6 is 35.0 Å². The van der Waals surface area contributed by atoms with Gasteiger partial charge in [-0.15, -0.1) is 0 Å². The predicted molar refractivity (Wildman–Crippen MR) is 101 cm³/mol. The maximum atomic E-state index is 12.2. The van der Waals surface area contributed by atoms with E-state index >= 15 is 0 Å². The first kappa shape index (κ1) is 18.6. The number of aromatic nitrogens is 2. The van der Waals surface area contributed by atoms with Crippen molar-refractivity contribution < 1.29 is 14.0 Å². The average molecular weight is 411 g/mol. The van der Waals surface area contributed by atoms with Crippen LogP contribution < -0.4 is 15.6 Å². The summed E-state index contributed by atoms with van der Waals surface area (Å²) >= 11 is 12.9. The molecule has 0 bridgehead atoms. The zero-order valence-corrected chi connectivity index (χ0v) is 15.9. The summed E-state index contributed by atoms with van der Waals surface area (Å²) in [6, 6.07) is 12.3. The van der Waals surface area contributed by atoms with Gasteiger partial charge in [0.1, 0.15) is 0 Å². The highest BCUT2D eigenvalue weighted by Crippen LogP contribution is 2.22. The SMILES string of the molecule is Cc1ccc(-[n+]2[nH]oc(=O)c2SCC(=O)Nc2cc(Cl)cc(Cl)c2)cc1. The standard InChI is InChI=1S/C17H13Cl2N3O3S/c1-10-2-4-14(5-3-10)22-16(17(24)25-21-22)26-9-15(23)20-13-7-11(18)6-12(19)8-13/h2-8H,9H2,1H3,(H-,20,21,23,24)/p+1. The summed E-state index contributed by atoms with van der Waals surface area (Å²) in [4.78, 5) is 24.1. The van der Waals surface area contributed by atoms with E-state index in [1.54, 1.807) is 18.2 Å². The van der Waals surface area contributed by atoms with Crippen molar-refractivity contribution in [1.82, 2.24) is 5.27 Å². The number of benzene rings is 2. The Morgan fingerprint density at radius 2 is 1.85 bits per heavy atom. The fourth-order valence-corrected chi connectivity index (χ4v) is 3.51. The fourth-order valence-electron chi connectivity index (χ4n) is 2.21. The second kappa shape index (κ2) is 7.99. The molecule has 1 aromatic heterocycles. The number of hydrogen-bond donors (Lipinski definition) is 2. The normalized spacial score (nSPS) is 10.7. The highest BCUT2D eigenvalue weighted by Gasteiger charge is 2.24. The first-order valence-electron chi connectivity index (χ1n) is 7.52. The maximum absolute atomic E-state index is 12.2. The largest absolute Gasteiger partial charge is 0.442 e. The van der Waals surface area contributed by atoms with Gasteiger partial charge in [-0.05, 0) is 46.8 Å². The Labute approximate surface area is 163 Å². The molecule has 6 nitrogen and oxygen atoms in total. The summed E-state index contributed by atoms with van der Waals surface area (Å²) in [6.45, 7) is 1.97. The van der Waals surface area contributed by atoms with Gasteiger partial charge in [0.05, 0.1) is 5.75 Å². The Morgan fingerprint density at radius 1 is 1.19 bits per heavy atom. The summed E-state index contributed by atoms with van der Waals surface area (Å²) < 4.78 is 6.35. The van der Waals surface area contributed by atoms with Crippen molar-refractivity contribution in [2.45, 2.75) is 11.9 Å². The Bertz CT molecular complexity index is 979. The van der Waals surface area contributed by atoms with E-state index in [9.17, 15) is 9.59 Å². The lowest BCUT2D eigenvalue weighted by molar-refractivity contribution is -0.704. The van der Waals surface area contributed by atoms with Crippen LogP contribution in [0.4, 0.5) is 5.69 Å². The van der Waals surface area contributed by atoms with Crippen LogP contribution in [-0.2, 0) is 4.79 Å². The number of carbonyl (C=O) groups is 1. The smallest absolute Gasteiger partial charge is 0.325 e.